The second-order valence-electron chi connectivity index (χ2n) is 10.1. The van der Waals surface area contributed by atoms with E-state index in [1.54, 1.807) is 11.6 Å². The summed E-state index contributed by atoms with van der Waals surface area (Å²) in [4.78, 5) is 12.2. The van der Waals surface area contributed by atoms with E-state index in [9.17, 15) is 4.79 Å². The number of ether oxygens (including phenoxy) is 1. The minimum Gasteiger partial charge on any atom is -0.399 e. The first-order valence-electron chi connectivity index (χ1n) is 10.3. The van der Waals surface area contributed by atoms with Gasteiger partial charge in [-0.25, -0.2) is 4.68 Å². The number of rotatable bonds is 7. The van der Waals surface area contributed by atoms with Crippen molar-refractivity contribution in [3.05, 3.63) is 23.9 Å². The third-order valence-electron chi connectivity index (χ3n) is 5.84. The van der Waals surface area contributed by atoms with Gasteiger partial charge in [-0.2, -0.15) is 5.10 Å². The van der Waals surface area contributed by atoms with E-state index in [2.05, 4.69) is 24.7 Å². The highest BCUT2D eigenvalue weighted by Crippen LogP contribution is 2.36. The summed E-state index contributed by atoms with van der Waals surface area (Å²) in [6.07, 6.45) is 0. The average Bonchev–Trinajstić information content (AvgIpc) is 3.05. The molecule has 0 bridgehead atoms. The van der Waals surface area contributed by atoms with Gasteiger partial charge in [0.05, 0.1) is 16.7 Å². The molecule has 1 saturated heterocycles. The molecule has 0 unspecified atom stereocenters. The molecule has 29 heavy (non-hydrogen) atoms. The maximum Gasteiger partial charge on any atom is 0.494 e. The number of hydrogen-bond acceptors (Lipinski definition) is 5. The van der Waals surface area contributed by atoms with Crippen molar-refractivity contribution in [2.24, 2.45) is 0 Å². The molecule has 0 amide bonds. The number of Topliss-reactive ketones (excluding diaryl/α,β-unsaturated/α-hetero) is 1. The van der Waals surface area contributed by atoms with Crippen LogP contribution in [0.15, 0.2) is 18.2 Å². The fraction of sp³-hybridized carbons (Fsp3) is 0.619. The molecule has 1 fully saturated rings. The van der Waals surface area contributed by atoms with Gasteiger partial charge in [0.1, 0.15) is 12.4 Å². The van der Waals surface area contributed by atoms with Crippen molar-refractivity contribution in [2.75, 3.05) is 6.61 Å². The zero-order valence-corrected chi connectivity index (χ0v) is 20.0. The number of benzene rings is 1. The van der Waals surface area contributed by atoms with Crippen LogP contribution in [0.3, 0.4) is 0 Å². The molecular weight excluding hydrogens is 383 g/mol. The molecule has 2 aromatic rings. The molecule has 1 aromatic carbocycles. The molecule has 6 nitrogen and oxygen atoms in total. The number of carbonyl (C=O) groups excluding carboxylic acids is 1. The van der Waals surface area contributed by atoms with E-state index >= 15 is 0 Å². The summed E-state index contributed by atoms with van der Waals surface area (Å²) in [7, 11) is -1.62. The number of nitrogens with zero attached hydrogens (tertiary/aromatic N) is 2. The van der Waals surface area contributed by atoms with Crippen molar-refractivity contribution in [3.8, 4) is 0 Å². The topological polar surface area (TPSA) is 62.6 Å². The molecule has 2 heterocycles. The van der Waals surface area contributed by atoms with Crippen LogP contribution in [0.5, 0.6) is 0 Å². The van der Waals surface area contributed by atoms with Crippen molar-refractivity contribution >= 4 is 37.3 Å². The van der Waals surface area contributed by atoms with Crippen molar-refractivity contribution in [1.29, 1.82) is 0 Å². The molecule has 0 atom stereocenters. The van der Waals surface area contributed by atoms with E-state index in [4.69, 9.17) is 14.0 Å². The lowest BCUT2D eigenvalue weighted by Crippen LogP contribution is -2.41. The summed E-state index contributed by atoms with van der Waals surface area (Å²) in [5.74, 6) is -0.0677. The molecular formula is C21H33BN2O4Si. The second kappa shape index (κ2) is 7.65. The number of hydrogen-bond donors (Lipinski definition) is 0. The Kier molecular flexibility index (Phi) is 5.86. The van der Waals surface area contributed by atoms with Crippen LogP contribution < -0.4 is 5.46 Å². The van der Waals surface area contributed by atoms with E-state index in [0.29, 0.717) is 19.0 Å². The molecule has 3 rings (SSSR count). The van der Waals surface area contributed by atoms with Crippen LogP contribution in [0, 0.1) is 0 Å². The van der Waals surface area contributed by atoms with Gasteiger partial charge in [0, 0.05) is 27.0 Å². The van der Waals surface area contributed by atoms with Gasteiger partial charge in [-0.1, -0.05) is 31.8 Å². The van der Waals surface area contributed by atoms with Crippen LogP contribution in [-0.4, -0.2) is 48.6 Å². The fourth-order valence-corrected chi connectivity index (χ4v) is 3.97. The smallest absolute Gasteiger partial charge is 0.399 e. The van der Waals surface area contributed by atoms with Gasteiger partial charge in [0.2, 0.25) is 0 Å². The molecule has 158 valence electrons. The van der Waals surface area contributed by atoms with Gasteiger partial charge in [0.15, 0.2) is 5.78 Å². The lowest BCUT2D eigenvalue weighted by molar-refractivity contribution is 0.00578. The summed E-state index contributed by atoms with van der Waals surface area (Å²) in [6.45, 7) is 17.7. The summed E-state index contributed by atoms with van der Waals surface area (Å²) in [6, 6.07) is 7.00. The Bertz CT molecular complexity index is 901. The third-order valence-corrected chi connectivity index (χ3v) is 7.55. The average molecular weight is 416 g/mol. The second-order valence-corrected chi connectivity index (χ2v) is 15.7. The van der Waals surface area contributed by atoms with E-state index in [1.807, 2.05) is 45.9 Å². The zero-order valence-electron chi connectivity index (χ0n) is 19.0. The van der Waals surface area contributed by atoms with Gasteiger partial charge in [0.25, 0.3) is 0 Å². The molecule has 0 aliphatic carbocycles. The minimum absolute atomic E-state index is 0.0677. The Morgan fingerprint density at radius 3 is 2.34 bits per heavy atom. The number of ketones is 1. The quantitative estimate of drug-likeness (QED) is 0.390. The summed E-state index contributed by atoms with van der Waals surface area (Å²) < 4.78 is 19.9. The van der Waals surface area contributed by atoms with Gasteiger partial charge < -0.3 is 14.0 Å². The van der Waals surface area contributed by atoms with Gasteiger partial charge >= 0.3 is 7.12 Å². The van der Waals surface area contributed by atoms with Crippen LogP contribution in [0.25, 0.3) is 10.9 Å². The van der Waals surface area contributed by atoms with Crippen molar-refractivity contribution in [3.63, 3.8) is 0 Å². The Morgan fingerprint density at radius 1 is 1.17 bits per heavy atom. The van der Waals surface area contributed by atoms with Crippen LogP contribution in [0.1, 0.15) is 45.1 Å². The number of aromatic nitrogens is 2. The summed E-state index contributed by atoms with van der Waals surface area (Å²) in [5.41, 5.74) is 1.39. The largest absolute Gasteiger partial charge is 0.494 e. The van der Waals surface area contributed by atoms with E-state index in [-0.39, 0.29) is 5.78 Å². The molecule has 1 aromatic heterocycles. The molecule has 0 saturated carbocycles. The zero-order chi connectivity index (χ0) is 21.6. The highest BCUT2D eigenvalue weighted by molar-refractivity contribution is 6.76. The van der Waals surface area contributed by atoms with Crippen LogP contribution in [0.2, 0.25) is 25.7 Å². The van der Waals surface area contributed by atoms with E-state index in [0.717, 1.165) is 22.4 Å². The van der Waals surface area contributed by atoms with Gasteiger partial charge in [-0.05, 0) is 45.3 Å². The Hall–Kier alpha value is -1.48. The lowest BCUT2D eigenvalue weighted by atomic mass is 9.78. The van der Waals surface area contributed by atoms with Crippen molar-refractivity contribution in [1.82, 2.24) is 9.78 Å². The number of carbonyl (C=O) groups is 1. The Labute approximate surface area is 175 Å². The SMILES string of the molecule is CC(=O)c1nn(COCC[Si](C)(C)C)c2ccc(B3OC(C)(C)C(C)(C)O3)cc12. The fourth-order valence-electron chi connectivity index (χ4n) is 3.21. The first-order chi connectivity index (χ1) is 13.3. The summed E-state index contributed by atoms with van der Waals surface area (Å²) >= 11 is 0. The predicted molar refractivity (Wildman–Crippen MR) is 120 cm³/mol. The molecule has 8 heteroatoms. The normalized spacial score (nSPS) is 18.6. The van der Waals surface area contributed by atoms with Crippen LogP contribution >= 0.6 is 0 Å². The standard InChI is InChI=1S/C21H33BN2O4Si/c1-15(25)19-17-13-16(22-27-20(2,3)21(4,5)28-22)9-10-18(17)24(23-19)14-26-11-12-29(6,7)8/h9-10,13H,11-12,14H2,1-8H3. The van der Waals surface area contributed by atoms with Crippen LogP contribution in [-0.2, 0) is 20.8 Å². The monoisotopic (exact) mass is 416 g/mol. The predicted octanol–water partition coefficient (Wildman–Crippen LogP) is 3.85. The van der Waals surface area contributed by atoms with Gasteiger partial charge in [-0.15, -0.1) is 0 Å². The van der Waals surface area contributed by atoms with E-state index < -0.39 is 26.4 Å². The summed E-state index contributed by atoms with van der Waals surface area (Å²) in [5, 5.41) is 5.32. The number of fused-ring (bicyclic) bond motifs is 1. The van der Waals surface area contributed by atoms with Gasteiger partial charge in [-0.3, -0.25) is 4.79 Å². The first kappa shape index (κ1) is 22.2. The molecule has 0 N–H and O–H groups in total. The van der Waals surface area contributed by atoms with E-state index in [1.165, 1.54) is 0 Å². The third kappa shape index (κ3) is 4.66. The van der Waals surface area contributed by atoms with Crippen LogP contribution in [0.4, 0.5) is 0 Å². The lowest BCUT2D eigenvalue weighted by Gasteiger charge is -2.32. The maximum atomic E-state index is 12.2. The molecule has 1 aliphatic heterocycles. The van der Waals surface area contributed by atoms with Crippen molar-refractivity contribution in [2.45, 2.75) is 78.2 Å². The highest BCUT2D eigenvalue weighted by Gasteiger charge is 2.51. The first-order valence-corrected chi connectivity index (χ1v) is 14.0. The Balaban J connectivity index is 1.87. The molecule has 1 aliphatic rings. The molecule has 0 radical (unpaired) electrons. The maximum absolute atomic E-state index is 12.2. The minimum atomic E-state index is -1.14. The Morgan fingerprint density at radius 2 is 1.79 bits per heavy atom. The molecule has 0 spiro atoms. The van der Waals surface area contributed by atoms with Crippen molar-refractivity contribution < 1.29 is 18.8 Å². The highest BCUT2D eigenvalue weighted by atomic mass is 28.3.